The molecule has 0 aromatic heterocycles. The Hall–Kier alpha value is -0.0800. The second-order valence-corrected chi connectivity index (χ2v) is 5.49. The van der Waals surface area contributed by atoms with E-state index in [0.29, 0.717) is 5.92 Å². The Morgan fingerprint density at radius 3 is 1.87 bits per heavy atom. The van der Waals surface area contributed by atoms with Gasteiger partial charge in [-0.2, -0.15) is 0 Å². The predicted molar refractivity (Wildman–Crippen MR) is 68.9 cm³/mol. The SMILES string of the molecule is CC(CCN)CNCC(C(C)C)C(C)C. The van der Waals surface area contributed by atoms with Crippen LogP contribution in [0.3, 0.4) is 0 Å². The van der Waals surface area contributed by atoms with Gasteiger partial charge in [-0.3, -0.25) is 0 Å². The van der Waals surface area contributed by atoms with Gasteiger partial charge in [0.1, 0.15) is 0 Å². The lowest BCUT2D eigenvalue weighted by Gasteiger charge is -2.26. The quantitative estimate of drug-likeness (QED) is 0.651. The second kappa shape index (κ2) is 8.12. The van der Waals surface area contributed by atoms with Crippen LogP contribution in [0.15, 0.2) is 0 Å². The Kier molecular flexibility index (Phi) is 8.07. The average molecular weight is 214 g/mol. The molecule has 0 aliphatic rings. The number of nitrogens with two attached hydrogens (primary N) is 1. The number of hydrogen-bond donors (Lipinski definition) is 2. The molecule has 92 valence electrons. The highest BCUT2D eigenvalue weighted by molar-refractivity contribution is 4.70. The summed E-state index contributed by atoms with van der Waals surface area (Å²) in [5, 5.41) is 3.58. The summed E-state index contributed by atoms with van der Waals surface area (Å²) in [7, 11) is 0. The van der Waals surface area contributed by atoms with Crippen molar-refractivity contribution in [3.63, 3.8) is 0 Å². The average Bonchev–Trinajstić information content (AvgIpc) is 2.11. The summed E-state index contributed by atoms with van der Waals surface area (Å²) in [5.74, 6) is 3.02. The summed E-state index contributed by atoms with van der Waals surface area (Å²) in [4.78, 5) is 0. The van der Waals surface area contributed by atoms with Crippen LogP contribution in [0.2, 0.25) is 0 Å². The third-order valence-electron chi connectivity index (χ3n) is 3.24. The molecule has 1 unspecified atom stereocenters. The van der Waals surface area contributed by atoms with Crippen molar-refractivity contribution in [2.45, 2.75) is 41.0 Å². The Balaban J connectivity index is 3.71. The molecule has 0 radical (unpaired) electrons. The van der Waals surface area contributed by atoms with Crippen LogP contribution in [-0.4, -0.2) is 19.6 Å². The fourth-order valence-electron chi connectivity index (χ4n) is 2.12. The van der Waals surface area contributed by atoms with E-state index < -0.39 is 0 Å². The van der Waals surface area contributed by atoms with Gasteiger partial charge in [-0.15, -0.1) is 0 Å². The molecule has 0 aromatic rings. The van der Waals surface area contributed by atoms with Gasteiger partial charge in [0.05, 0.1) is 0 Å². The minimum atomic E-state index is 0.704. The Morgan fingerprint density at radius 2 is 1.47 bits per heavy atom. The summed E-state index contributed by atoms with van der Waals surface area (Å²) >= 11 is 0. The van der Waals surface area contributed by atoms with E-state index in [0.717, 1.165) is 43.8 Å². The first kappa shape index (κ1) is 14.9. The lowest BCUT2D eigenvalue weighted by atomic mass is 9.85. The molecule has 2 heteroatoms. The minimum absolute atomic E-state index is 0.704. The van der Waals surface area contributed by atoms with Crippen LogP contribution in [0, 0.1) is 23.7 Å². The monoisotopic (exact) mass is 214 g/mol. The number of hydrogen-bond acceptors (Lipinski definition) is 2. The van der Waals surface area contributed by atoms with Crippen molar-refractivity contribution in [2.75, 3.05) is 19.6 Å². The summed E-state index contributed by atoms with van der Waals surface area (Å²) in [5.41, 5.74) is 5.53. The van der Waals surface area contributed by atoms with Crippen molar-refractivity contribution < 1.29 is 0 Å². The normalized spacial score (nSPS) is 14.2. The minimum Gasteiger partial charge on any atom is -0.330 e. The molecule has 0 aliphatic heterocycles. The number of nitrogens with one attached hydrogen (secondary N) is 1. The van der Waals surface area contributed by atoms with E-state index in [9.17, 15) is 0 Å². The van der Waals surface area contributed by atoms with E-state index in [1.807, 2.05) is 0 Å². The first-order valence-electron chi connectivity index (χ1n) is 6.39. The topological polar surface area (TPSA) is 38.0 Å². The maximum Gasteiger partial charge on any atom is -0.00155 e. The Morgan fingerprint density at radius 1 is 0.933 bits per heavy atom. The maximum atomic E-state index is 5.53. The molecule has 0 rings (SSSR count). The van der Waals surface area contributed by atoms with E-state index >= 15 is 0 Å². The van der Waals surface area contributed by atoms with Gasteiger partial charge in [0.25, 0.3) is 0 Å². The van der Waals surface area contributed by atoms with E-state index in [-0.39, 0.29) is 0 Å². The molecule has 0 aliphatic carbocycles. The third kappa shape index (κ3) is 6.91. The van der Waals surface area contributed by atoms with Crippen molar-refractivity contribution in [2.24, 2.45) is 29.4 Å². The molecule has 0 fully saturated rings. The highest BCUT2D eigenvalue weighted by Gasteiger charge is 2.16. The van der Waals surface area contributed by atoms with Gasteiger partial charge in [-0.05, 0) is 49.7 Å². The highest BCUT2D eigenvalue weighted by Crippen LogP contribution is 2.19. The van der Waals surface area contributed by atoms with Crippen LogP contribution in [-0.2, 0) is 0 Å². The smallest absolute Gasteiger partial charge is 0.00155 e. The molecule has 2 nitrogen and oxygen atoms in total. The zero-order valence-corrected chi connectivity index (χ0v) is 11.2. The van der Waals surface area contributed by atoms with E-state index in [2.05, 4.69) is 39.9 Å². The lowest BCUT2D eigenvalue weighted by Crippen LogP contribution is -2.32. The Labute approximate surface area is 96.0 Å². The standard InChI is InChI=1S/C13H30N2/c1-10(2)13(11(3)4)9-15-8-12(5)6-7-14/h10-13,15H,6-9,14H2,1-5H3. The van der Waals surface area contributed by atoms with Gasteiger partial charge in [0.15, 0.2) is 0 Å². The van der Waals surface area contributed by atoms with Crippen LogP contribution < -0.4 is 11.1 Å². The molecule has 0 bridgehead atoms. The molecule has 0 saturated heterocycles. The van der Waals surface area contributed by atoms with Gasteiger partial charge in [-0.1, -0.05) is 34.6 Å². The van der Waals surface area contributed by atoms with E-state index in [1.165, 1.54) is 0 Å². The molecule has 0 spiro atoms. The fraction of sp³-hybridized carbons (Fsp3) is 1.00. The molecule has 0 saturated carbocycles. The van der Waals surface area contributed by atoms with Crippen molar-refractivity contribution in [3.8, 4) is 0 Å². The van der Waals surface area contributed by atoms with Crippen LogP contribution in [0.5, 0.6) is 0 Å². The van der Waals surface area contributed by atoms with Crippen molar-refractivity contribution >= 4 is 0 Å². The van der Waals surface area contributed by atoms with Gasteiger partial charge in [0.2, 0.25) is 0 Å². The molecule has 15 heavy (non-hydrogen) atoms. The first-order chi connectivity index (χ1) is 6.99. The first-order valence-corrected chi connectivity index (χ1v) is 6.39. The van der Waals surface area contributed by atoms with Gasteiger partial charge < -0.3 is 11.1 Å². The van der Waals surface area contributed by atoms with Crippen LogP contribution in [0.25, 0.3) is 0 Å². The van der Waals surface area contributed by atoms with Crippen molar-refractivity contribution in [1.82, 2.24) is 5.32 Å². The fourth-order valence-corrected chi connectivity index (χ4v) is 2.12. The predicted octanol–water partition coefficient (Wildman–Crippen LogP) is 2.49. The number of rotatable bonds is 8. The zero-order chi connectivity index (χ0) is 11.8. The summed E-state index contributed by atoms with van der Waals surface area (Å²) < 4.78 is 0. The second-order valence-electron chi connectivity index (χ2n) is 5.49. The summed E-state index contributed by atoms with van der Waals surface area (Å²) in [6.07, 6.45) is 1.13. The van der Waals surface area contributed by atoms with Crippen LogP contribution >= 0.6 is 0 Å². The van der Waals surface area contributed by atoms with E-state index in [4.69, 9.17) is 5.73 Å². The van der Waals surface area contributed by atoms with Crippen molar-refractivity contribution in [1.29, 1.82) is 0 Å². The largest absolute Gasteiger partial charge is 0.330 e. The Bertz CT molecular complexity index is 135. The molecule has 0 heterocycles. The molecular weight excluding hydrogens is 184 g/mol. The zero-order valence-electron chi connectivity index (χ0n) is 11.2. The highest BCUT2D eigenvalue weighted by atomic mass is 14.9. The van der Waals surface area contributed by atoms with E-state index in [1.54, 1.807) is 0 Å². The van der Waals surface area contributed by atoms with Crippen LogP contribution in [0.4, 0.5) is 0 Å². The van der Waals surface area contributed by atoms with Crippen molar-refractivity contribution in [3.05, 3.63) is 0 Å². The maximum absolute atomic E-state index is 5.53. The third-order valence-corrected chi connectivity index (χ3v) is 3.24. The van der Waals surface area contributed by atoms with Gasteiger partial charge >= 0.3 is 0 Å². The molecule has 0 amide bonds. The molecule has 1 atom stereocenters. The summed E-state index contributed by atoms with van der Waals surface area (Å²) in [6.45, 7) is 14.6. The molecule has 3 N–H and O–H groups in total. The van der Waals surface area contributed by atoms with Gasteiger partial charge in [-0.25, -0.2) is 0 Å². The molecule has 0 aromatic carbocycles. The lowest BCUT2D eigenvalue weighted by molar-refractivity contribution is 0.270. The van der Waals surface area contributed by atoms with Crippen LogP contribution in [0.1, 0.15) is 41.0 Å². The molecular formula is C13H30N2. The van der Waals surface area contributed by atoms with Gasteiger partial charge in [0, 0.05) is 0 Å². The summed E-state index contributed by atoms with van der Waals surface area (Å²) in [6, 6.07) is 0.